The lowest BCUT2D eigenvalue weighted by atomic mass is 9.49. The molecular weight excluding hydrogens is 1590 g/mol. The van der Waals surface area contributed by atoms with Crippen molar-refractivity contribution in [2.75, 3.05) is 13.2 Å². The Morgan fingerprint density at radius 1 is 0.349 bits per heavy atom. The molecule has 11 fully saturated rings. The molecule has 8 bridgehead atoms. The molecular formula is C119H176O10. The maximum absolute atomic E-state index is 9.01. The van der Waals surface area contributed by atoms with Gasteiger partial charge in [0.1, 0.15) is 34.5 Å². The Hall–Kier alpha value is -6.82. The predicted octanol–water partition coefficient (Wildman–Crippen LogP) is 33.9. The zero-order valence-electron chi connectivity index (χ0n) is 83.5. The van der Waals surface area contributed by atoms with Crippen molar-refractivity contribution in [3.05, 3.63) is 215 Å². The fourth-order valence-corrected chi connectivity index (χ4v) is 23.8. The summed E-state index contributed by atoms with van der Waals surface area (Å²) in [4.78, 5) is 0. The van der Waals surface area contributed by atoms with Gasteiger partial charge in [0.25, 0.3) is 0 Å². The van der Waals surface area contributed by atoms with Crippen LogP contribution in [-0.2, 0) is 25.6 Å². The number of phenols is 2. The molecule has 0 radical (unpaired) electrons. The second kappa shape index (κ2) is 52.2. The van der Waals surface area contributed by atoms with Gasteiger partial charge in [0.2, 0.25) is 18.9 Å². The average Bonchev–Trinajstić information content (AvgIpc) is 0.740. The van der Waals surface area contributed by atoms with Gasteiger partial charge in [0.15, 0.2) is 6.29 Å². The molecule has 11 saturated carbocycles. The fraction of sp³-hybridized carbons (Fsp3) is 0.647. The molecule has 0 spiro atoms. The monoisotopic (exact) mass is 1770 g/mol. The Bertz CT molecular complexity index is 4060. The van der Waals surface area contributed by atoms with Gasteiger partial charge in [-0.25, -0.2) is 0 Å². The maximum Gasteiger partial charge on any atom is 0.205 e. The summed E-state index contributed by atoms with van der Waals surface area (Å²) in [6, 6.07) is 60.1. The topological polar surface area (TPSA) is 114 Å². The zero-order chi connectivity index (χ0) is 91.7. The van der Waals surface area contributed by atoms with E-state index < -0.39 is 0 Å². The van der Waals surface area contributed by atoms with Gasteiger partial charge >= 0.3 is 0 Å². The molecule has 11 atom stereocenters. The molecule has 0 saturated heterocycles. The van der Waals surface area contributed by atoms with Crippen LogP contribution in [0.3, 0.4) is 0 Å². The first-order valence-corrected chi connectivity index (χ1v) is 52.6. The maximum atomic E-state index is 9.01. The van der Waals surface area contributed by atoms with Crippen molar-refractivity contribution < 1.29 is 48.1 Å². The summed E-state index contributed by atoms with van der Waals surface area (Å²) in [5, 5.41) is 18.0. The lowest BCUT2D eigenvalue weighted by Crippen LogP contribution is -2.54. The van der Waals surface area contributed by atoms with Gasteiger partial charge in [-0.15, -0.1) is 0 Å². The minimum absolute atomic E-state index is 0.0691. The third kappa shape index (κ3) is 31.7. The van der Waals surface area contributed by atoms with Gasteiger partial charge in [-0.1, -0.05) is 265 Å². The van der Waals surface area contributed by atoms with Gasteiger partial charge in [0.05, 0.1) is 19.3 Å². The number of hydrogen-bond donors (Lipinski definition) is 2. The molecule has 0 heterocycles. The smallest absolute Gasteiger partial charge is 0.205 e. The standard InChI is InChI=1S/C26H36O2.C25H38O2.C25H40O2.C23H34O2.2C10H14O/c1-4-20(2)23-15-17-25(18-16-23)28-26(21(3)24-13-9-6-10-14-24)27-19-22-11-7-5-8-12-22;1-4-10-26-24(27-23-8-6-22(7-9-23)18(3)5-2)17-25-14-19-11-20(15-25)13-21(12-19)16-25;1-4-20(2)21-13-15-23(16-14-21)27-24(26-22-11-7-5-8-12-22)19-25(3)17-9-6-10-18-25;1-4-16(3)20-6-8-21(9-7-20)25-22(24-5-2)23-13-17-10-18(14-23)12-19(11-17)15-23;2*1-3-8(2)9-4-6-10(11)7-5-9/h5,7-8,11-12,15-18,20-21,24,26H,4,6,9-10,13-14,19H2,1-3H3;6-9,18-21,24H,4-5,10-17H2,1-3H3;13-16,20,22,24H,4-12,17-19H2,1-3H3;6-9,16-19,22H,4-5,10-15H2,1-3H3;2*4-8,11H,3H2,1-2H3. The van der Waals surface area contributed by atoms with Crippen LogP contribution >= 0.6 is 0 Å². The molecule has 0 aromatic heterocycles. The van der Waals surface area contributed by atoms with E-state index in [2.05, 4.69) is 232 Å². The Balaban J connectivity index is 0.000000154. The lowest BCUT2D eigenvalue weighted by Gasteiger charge is -2.58. The summed E-state index contributed by atoms with van der Waals surface area (Å²) < 4.78 is 51.0. The van der Waals surface area contributed by atoms with E-state index in [-0.39, 0.29) is 30.6 Å². The molecule has 7 aromatic carbocycles. The van der Waals surface area contributed by atoms with Crippen LogP contribution in [0, 0.1) is 63.6 Å². The van der Waals surface area contributed by atoms with Crippen LogP contribution < -0.4 is 18.9 Å². The molecule has 7 aromatic rings. The van der Waals surface area contributed by atoms with E-state index in [1.165, 1.54) is 232 Å². The number of ether oxygens (including phenoxy) is 8. The van der Waals surface area contributed by atoms with Crippen molar-refractivity contribution in [1.82, 2.24) is 0 Å². The number of benzene rings is 7. The Labute approximate surface area is 784 Å². The Morgan fingerprint density at radius 2 is 0.698 bits per heavy atom. The van der Waals surface area contributed by atoms with Crippen molar-refractivity contribution in [2.45, 2.75) is 415 Å². The first-order valence-electron chi connectivity index (χ1n) is 52.6. The van der Waals surface area contributed by atoms with E-state index in [4.69, 9.17) is 48.1 Å². The highest BCUT2D eigenvalue weighted by Crippen LogP contribution is 2.64. The highest BCUT2D eigenvalue weighted by atomic mass is 16.7. The van der Waals surface area contributed by atoms with E-state index in [1.54, 1.807) is 24.3 Å². The first-order chi connectivity index (χ1) is 62.4. The van der Waals surface area contributed by atoms with Crippen LogP contribution in [0.15, 0.2) is 176 Å². The molecule has 11 unspecified atom stereocenters. The highest BCUT2D eigenvalue weighted by Gasteiger charge is 2.56. The largest absolute Gasteiger partial charge is 0.508 e. The van der Waals surface area contributed by atoms with Crippen LogP contribution in [0.1, 0.15) is 416 Å². The minimum atomic E-state index is -0.210. The van der Waals surface area contributed by atoms with Gasteiger partial charge in [0, 0.05) is 30.8 Å². The number of hydrogen-bond acceptors (Lipinski definition) is 10. The SMILES string of the molecule is CCC(C)c1ccc(O)cc1.CCC(C)c1ccc(O)cc1.CCC(C)c1ccc(OC(CC2(C)CCCCC2)OC2CCCCC2)cc1.CCC(C)c1ccc(OC(OCc2ccccc2)C(C)C2CCCCC2)cc1.CCCOC(CC12CC3CC(CC(C3)C1)C2)Oc1ccc(C(C)CC)cc1.CCOC(Oc1ccc(C(C)CC)cc1)C12CC3CC(CC(C3)C1)C2. The average molecular weight is 1770 g/mol. The summed E-state index contributed by atoms with van der Waals surface area (Å²) in [5.74, 6) is 14.9. The van der Waals surface area contributed by atoms with Crippen LogP contribution in [0.25, 0.3) is 0 Å². The summed E-state index contributed by atoms with van der Waals surface area (Å²) in [6.07, 6.45) is 46.8. The molecule has 18 rings (SSSR count). The predicted molar refractivity (Wildman–Crippen MR) is 536 cm³/mol. The van der Waals surface area contributed by atoms with Crippen LogP contribution in [-0.4, -0.2) is 54.7 Å². The highest BCUT2D eigenvalue weighted by molar-refractivity contribution is 5.34. The quantitative estimate of drug-likeness (QED) is 0.0365. The second-order valence-corrected chi connectivity index (χ2v) is 42.6. The third-order valence-corrected chi connectivity index (χ3v) is 32.3. The summed E-state index contributed by atoms with van der Waals surface area (Å²) in [7, 11) is 0. The third-order valence-electron chi connectivity index (χ3n) is 32.3. The molecule has 11 aliphatic carbocycles. The van der Waals surface area contributed by atoms with Crippen molar-refractivity contribution in [1.29, 1.82) is 0 Å². The Kier molecular flexibility index (Phi) is 41.5. The molecule has 0 amide bonds. The summed E-state index contributed by atoms with van der Waals surface area (Å²) >= 11 is 0. The molecule has 712 valence electrons. The summed E-state index contributed by atoms with van der Waals surface area (Å²) in [6.45, 7) is 37.9. The van der Waals surface area contributed by atoms with E-state index in [1.807, 2.05) is 30.3 Å². The van der Waals surface area contributed by atoms with Gasteiger partial charge in [-0.05, 0) is 367 Å². The van der Waals surface area contributed by atoms with Gasteiger partial charge in [-0.2, -0.15) is 0 Å². The van der Waals surface area contributed by atoms with Gasteiger partial charge < -0.3 is 48.1 Å². The molecule has 10 nitrogen and oxygen atoms in total. The molecule has 0 aliphatic heterocycles. The number of phenolic OH excluding ortho intramolecular Hbond substituents is 2. The van der Waals surface area contributed by atoms with Crippen molar-refractivity contribution >= 4 is 0 Å². The van der Waals surface area contributed by atoms with E-state index in [0.717, 1.165) is 110 Å². The Morgan fingerprint density at radius 3 is 1.08 bits per heavy atom. The molecule has 2 N–H and O–H groups in total. The second-order valence-electron chi connectivity index (χ2n) is 42.6. The van der Waals surface area contributed by atoms with E-state index in [0.29, 0.717) is 82.4 Å². The fourth-order valence-electron chi connectivity index (χ4n) is 23.8. The van der Waals surface area contributed by atoms with Crippen LogP contribution in [0.5, 0.6) is 34.5 Å². The summed E-state index contributed by atoms with van der Waals surface area (Å²) in [5.41, 5.74) is 10.5. The van der Waals surface area contributed by atoms with Crippen molar-refractivity contribution in [2.24, 2.45) is 63.6 Å². The van der Waals surface area contributed by atoms with Gasteiger partial charge in [-0.3, -0.25) is 0 Å². The van der Waals surface area contributed by atoms with Crippen LogP contribution in [0.2, 0.25) is 0 Å². The molecule has 11 aliphatic rings. The zero-order valence-corrected chi connectivity index (χ0v) is 83.5. The van der Waals surface area contributed by atoms with E-state index >= 15 is 0 Å². The van der Waals surface area contributed by atoms with Crippen LogP contribution in [0.4, 0.5) is 0 Å². The lowest BCUT2D eigenvalue weighted by molar-refractivity contribution is -0.213. The van der Waals surface area contributed by atoms with Crippen molar-refractivity contribution in [3.8, 4) is 34.5 Å². The molecule has 10 heteroatoms. The molecule has 129 heavy (non-hydrogen) atoms. The normalized spacial score (nSPS) is 25.0. The number of rotatable bonds is 37. The van der Waals surface area contributed by atoms with E-state index in [9.17, 15) is 0 Å². The van der Waals surface area contributed by atoms with Crippen molar-refractivity contribution in [3.63, 3.8) is 0 Å². The first kappa shape index (κ1) is 103. The number of aromatic hydroxyl groups is 2. The minimum Gasteiger partial charge on any atom is -0.508 e.